The molecular formula is C14H14BrN3O3. The molecule has 0 radical (unpaired) electrons. The lowest BCUT2D eigenvalue weighted by atomic mass is 10.1. The first kappa shape index (κ1) is 14.1. The van der Waals surface area contributed by atoms with Gasteiger partial charge in [-0.05, 0) is 27.6 Å². The zero-order valence-electron chi connectivity index (χ0n) is 11.2. The van der Waals surface area contributed by atoms with Gasteiger partial charge >= 0.3 is 0 Å². The molecule has 0 spiro atoms. The highest BCUT2D eigenvalue weighted by Gasteiger charge is 2.24. The van der Waals surface area contributed by atoms with Crippen LogP contribution >= 0.6 is 15.9 Å². The molecular weight excluding hydrogens is 338 g/mol. The Hall–Kier alpha value is -1.86. The highest BCUT2D eigenvalue weighted by Crippen LogP contribution is 2.35. The molecule has 1 aliphatic heterocycles. The molecule has 2 aromatic rings. The van der Waals surface area contributed by atoms with E-state index in [9.17, 15) is 4.79 Å². The molecule has 2 heterocycles. The van der Waals surface area contributed by atoms with E-state index in [1.54, 1.807) is 6.20 Å². The second kappa shape index (κ2) is 5.87. The van der Waals surface area contributed by atoms with Crippen molar-refractivity contribution in [2.75, 3.05) is 18.1 Å². The van der Waals surface area contributed by atoms with Crippen LogP contribution in [0.5, 0.6) is 5.75 Å². The standard InChI is InChI=1S/C14H14BrN3O3/c15-13-11(6-16-17-14(13)20)18-7-9-2-1-3-12(10(9)8-18)21-5-4-19/h1-3,6,19H,4-5,7-8H2,(H,17,20). The van der Waals surface area contributed by atoms with Gasteiger partial charge in [-0.15, -0.1) is 0 Å². The Morgan fingerprint density at radius 1 is 1.43 bits per heavy atom. The van der Waals surface area contributed by atoms with Crippen LogP contribution in [-0.2, 0) is 13.1 Å². The molecule has 0 fully saturated rings. The van der Waals surface area contributed by atoms with Crippen molar-refractivity contribution in [3.05, 3.63) is 50.3 Å². The molecule has 1 aliphatic rings. The topological polar surface area (TPSA) is 78.5 Å². The van der Waals surface area contributed by atoms with Gasteiger partial charge in [0.05, 0.1) is 18.5 Å². The Bertz CT molecular complexity index is 717. The third kappa shape index (κ3) is 2.66. The molecule has 0 bridgehead atoms. The lowest BCUT2D eigenvalue weighted by Gasteiger charge is -2.18. The first-order chi connectivity index (χ1) is 10.2. The van der Waals surface area contributed by atoms with Crippen LogP contribution in [0.15, 0.2) is 33.7 Å². The van der Waals surface area contributed by atoms with Crippen molar-refractivity contribution in [3.8, 4) is 5.75 Å². The van der Waals surface area contributed by atoms with Crippen LogP contribution in [-0.4, -0.2) is 28.5 Å². The molecule has 0 aliphatic carbocycles. The van der Waals surface area contributed by atoms with Crippen molar-refractivity contribution in [2.45, 2.75) is 13.1 Å². The third-order valence-electron chi connectivity index (χ3n) is 3.41. The lowest BCUT2D eigenvalue weighted by Crippen LogP contribution is -2.20. The van der Waals surface area contributed by atoms with Gasteiger partial charge in [0.25, 0.3) is 5.56 Å². The zero-order chi connectivity index (χ0) is 14.8. The predicted molar refractivity (Wildman–Crippen MR) is 81.5 cm³/mol. The SMILES string of the molecule is O=c1[nH]ncc(N2Cc3cccc(OCCO)c3C2)c1Br. The van der Waals surface area contributed by atoms with E-state index in [0.29, 0.717) is 17.6 Å². The fourth-order valence-electron chi connectivity index (χ4n) is 2.45. The summed E-state index contributed by atoms with van der Waals surface area (Å²) in [5.74, 6) is 0.776. The van der Waals surface area contributed by atoms with Gasteiger partial charge in [-0.2, -0.15) is 5.10 Å². The summed E-state index contributed by atoms with van der Waals surface area (Å²) in [5, 5.41) is 15.1. The second-order valence-electron chi connectivity index (χ2n) is 4.72. The van der Waals surface area contributed by atoms with Crippen molar-refractivity contribution in [1.29, 1.82) is 0 Å². The molecule has 0 amide bonds. The Kier molecular flexibility index (Phi) is 3.94. The average molecular weight is 352 g/mol. The number of halogens is 1. The van der Waals surface area contributed by atoms with Crippen molar-refractivity contribution in [3.63, 3.8) is 0 Å². The summed E-state index contributed by atoms with van der Waals surface area (Å²) in [6, 6.07) is 5.86. The normalized spacial score (nSPS) is 13.3. The van der Waals surface area contributed by atoms with Gasteiger partial charge in [0.2, 0.25) is 0 Å². The van der Waals surface area contributed by atoms with Gasteiger partial charge in [-0.25, -0.2) is 5.10 Å². The van der Waals surface area contributed by atoms with Gasteiger partial charge in [0.1, 0.15) is 16.8 Å². The first-order valence-corrected chi connectivity index (χ1v) is 7.32. The number of rotatable bonds is 4. The smallest absolute Gasteiger partial charge is 0.280 e. The number of benzene rings is 1. The maximum atomic E-state index is 11.6. The van der Waals surface area contributed by atoms with E-state index in [-0.39, 0.29) is 18.8 Å². The molecule has 0 saturated carbocycles. The molecule has 1 aromatic heterocycles. The lowest BCUT2D eigenvalue weighted by molar-refractivity contribution is 0.200. The van der Waals surface area contributed by atoms with Crippen LogP contribution in [0.2, 0.25) is 0 Å². The zero-order valence-corrected chi connectivity index (χ0v) is 12.8. The van der Waals surface area contributed by atoms with Crippen molar-refractivity contribution in [2.24, 2.45) is 0 Å². The second-order valence-corrected chi connectivity index (χ2v) is 5.51. The van der Waals surface area contributed by atoms with Crippen molar-refractivity contribution >= 4 is 21.6 Å². The minimum absolute atomic E-state index is 0.0170. The number of hydrogen-bond acceptors (Lipinski definition) is 5. The minimum atomic E-state index is -0.250. The number of nitrogens with zero attached hydrogens (tertiary/aromatic N) is 2. The summed E-state index contributed by atoms with van der Waals surface area (Å²) >= 11 is 3.31. The molecule has 3 rings (SSSR count). The molecule has 110 valence electrons. The van der Waals surface area contributed by atoms with Crippen LogP contribution < -0.4 is 15.2 Å². The predicted octanol–water partition coefficient (Wildman–Crippen LogP) is 1.42. The van der Waals surface area contributed by atoms with E-state index in [0.717, 1.165) is 22.6 Å². The number of ether oxygens (including phenoxy) is 1. The molecule has 1 aromatic carbocycles. The largest absolute Gasteiger partial charge is 0.491 e. The maximum absolute atomic E-state index is 11.6. The van der Waals surface area contributed by atoms with Gasteiger partial charge < -0.3 is 14.7 Å². The fourth-order valence-corrected chi connectivity index (χ4v) is 2.89. The Balaban J connectivity index is 1.91. The summed E-state index contributed by atoms with van der Waals surface area (Å²) in [6.07, 6.45) is 1.63. The molecule has 0 saturated heterocycles. The summed E-state index contributed by atoms with van der Waals surface area (Å²) in [6.45, 7) is 1.58. The number of aromatic amines is 1. The summed E-state index contributed by atoms with van der Waals surface area (Å²) in [5.41, 5.74) is 2.74. The molecule has 0 unspecified atom stereocenters. The first-order valence-electron chi connectivity index (χ1n) is 6.53. The van der Waals surface area contributed by atoms with Crippen molar-refractivity contribution < 1.29 is 9.84 Å². The highest BCUT2D eigenvalue weighted by molar-refractivity contribution is 9.10. The summed E-state index contributed by atoms with van der Waals surface area (Å²) < 4.78 is 6.04. The van der Waals surface area contributed by atoms with E-state index in [1.807, 2.05) is 18.2 Å². The third-order valence-corrected chi connectivity index (χ3v) is 4.17. The number of aromatic nitrogens is 2. The van der Waals surface area contributed by atoms with Crippen LogP contribution in [0.3, 0.4) is 0 Å². The maximum Gasteiger partial charge on any atom is 0.280 e. The Morgan fingerprint density at radius 3 is 3.10 bits per heavy atom. The van der Waals surface area contributed by atoms with Crippen LogP contribution in [0.1, 0.15) is 11.1 Å². The number of H-pyrrole nitrogens is 1. The van der Waals surface area contributed by atoms with Crippen LogP contribution in [0, 0.1) is 0 Å². The quantitative estimate of drug-likeness (QED) is 0.870. The summed E-state index contributed by atoms with van der Waals surface area (Å²) in [4.78, 5) is 13.7. The van der Waals surface area contributed by atoms with E-state index in [4.69, 9.17) is 9.84 Å². The Labute approximate surface area is 129 Å². The summed E-state index contributed by atoms with van der Waals surface area (Å²) in [7, 11) is 0. The minimum Gasteiger partial charge on any atom is -0.491 e. The number of anilines is 1. The van der Waals surface area contributed by atoms with Gasteiger partial charge in [-0.1, -0.05) is 12.1 Å². The molecule has 7 heteroatoms. The van der Waals surface area contributed by atoms with E-state index in [2.05, 4.69) is 31.0 Å². The molecule has 21 heavy (non-hydrogen) atoms. The van der Waals surface area contributed by atoms with Crippen LogP contribution in [0.25, 0.3) is 0 Å². The number of hydrogen-bond donors (Lipinski definition) is 2. The van der Waals surface area contributed by atoms with E-state index >= 15 is 0 Å². The number of nitrogens with one attached hydrogen (secondary N) is 1. The molecule has 6 nitrogen and oxygen atoms in total. The fraction of sp³-hybridized carbons (Fsp3) is 0.286. The Morgan fingerprint density at radius 2 is 2.29 bits per heavy atom. The molecule has 2 N–H and O–H groups in total. The highest BCUT2D eigenvalue weighted by atomic mass is 79.9. The van der Waals surface area contributed by atoms with E-state index in [1.165, 1.54) is 0 Å². The molecule has 0 atom stereocenters. The van der Waals surface area contributed by atoms with E-state index < -0.39 is 0 Å². The number of aliphatic hydroxyl groups excluding tert-OH is 1. The number of aliphatic hydroxyl groups is 1. The van der Waals surface area contributed by atoms with Gasteiger partial charge in [-0.3, -0.25) is 4.79 Å². The van der Waals surface area contributed by atoms with Gasteiger partial charge in [0.15, 0.2) is 0 Å². The average Bonchev–Trinajstić information content (AvgIpc) is 2.92. The van der Waals surface area contributed by atoms with Gasteiger partial charge in [0, 0.05) is 18.7 Å². The number of fused-ring (bicyclic) bond motifs is 1. The van der Waals surface area contributed by atoms with Crippen molar-refractivity contribution in [1.82, 2.24) is 10.2 Å². The van der Waals surface area contributed by atoms with Crippen LogP contribution in [0.4, 0.5) is 5.69 Å². The monoisotopic (exact) mass is 351 g/mol.